The number of aromatic nitrogens is 5. The highest BCUT2D eigenvalue weighted by Gasteiger charge is 2.21. The molecule has 1 amide bonds. The van der Waals surface area contributed by atoms with E-state index in [1.54, 1.807) is 49.4 Å². The number of amides is 1. The number of carbonyl (C=O) groups excluding carboxylic acids is 1. The summed E-state index contributed by atoms with van der Waals surface area (Å²) in [5.41, 5.74) is 1.73. The number of nitrogens with one attached hydrogen (secondary N) is 1. The smallest absolute Gasteiger partial charge is 0.283 e. The van der Waals surface area contributed by atoms with Crippen LogP contribution in [0.4, 0.5) is 10.2 Å². The molecule has 3 aromatic heterocycles. The molecule has 4 aromatic rings. The number of carbonyl (C=O) groups is 1. The molecule has 10 nitrogen and oxygen atoms in total. The maximum atomic E-state index is 15.2. The minimum atomic E-state index is -0.700. The van der Waals surface area contributed by atoms with E-state index >= 15 is 4.39 Å². The number of pyridine rings is 1. The van der Waals surface area contributed by atoms with Gasteiger partial charge in [0.25, 0.3) is 5.56 Å². The molecule has 0 bridgehead atoms. The zero-order valence-corrected chi connectivity index (χ0v) is 23.3. The van der Waals surface area contributed by atoms with Crippen molar-refractivity contribution >= 4 is 28.6 Å². The van der Waals surface area contributed by atoms with Gasteiger partial charge in [0.05, 0.1) is 18.2 Å². The summed E-state index contributed by atoms with van der Waals surface area (Å²) in [5, 5.41) is 22.5. The van der Waals surface area contributed by atoms with E-state index in [2.05, 4.69) is 20.5 Å². The van der Waals surface area contributed by atoms with Crippen molar-refractivity contribution < 1.29 is 14.3 Å². The molecule has 0 aliphatic carbocycles. The van der Waals surface area contributed by atoms with Crippen molar-refractivity contribution in [1.29, 1.82) is 0 Å². The van der Waals surface area contributed by atoms with Gasteiger partial charge in [-0.05, 0) is 47.7 Å². The van der Waals surface area contributed by atoms with Crippen LogP contribution in [0.5, 0.6) is 0 Å². The number of nitrogens with zero attached hydrogens (tertiary/aromatic N) is 6. The molecule has 0 atom stereocenters. The number of aliphatic hydroxyl groups excluding tert-OH is 1. The predicted octanol–water partition coefficient (Wildman–Crippen LogP) is 3.89. The number of fused-ring (bicyclic) bond motifs is 1. The van der Waals surface area contributed by atoms with E-state index in [9.17, 15) is 14.7 Å². The molecule has 0 spiro atoms. The van der Waals surface area contributed by atoms with Gasteiger partial charge in [0.15, 0.2) is 11.6 Å². The van der Waals surface area contributed by atoms with Crippen molar-refractivity contribution in [3.05, 3.63) is 93.7 Å². The summed E-state index contributed by atoms with van der Waals surface area (Å²) in [7, 11) is 3.38. The number of rotatable bonds is 8. The molecule has 208 valence electrons. The van der Waals surface area contributed by atoms with Crippen molar-refractivity contribution in [2.24, 2.45) is 7.05 Å². The third-order valence-corrected chi connectivity index (χ3v) is 6.33. The summed E-state index contributed by atoms with van der Waals surface area (Å²) in [6.07, 6.45) is 8.68. The van der Waals surface area contributed by atoms with Crippen LogP contribution in [-0.4, -0.2) is 48.0 Å². The van der Waals surface area contributed by atoms with E-state index in [1.807, 2.05) is 33.8 Å². The summed E-state index contributed by atoms with van der Waals surface area (Å²) in [6.45, 7) is 7.20. The SMILES string of the molecule is C/C(=C\C(=C/N(C)C=O)c1ccnc(-n2ncc3cc(C(C)(C)C)cc(F)c3c2=O)c1CO)Nc1ccn(C)n1. The average molecular weight is 546 g/mol. The Morgan fingerprint density at radius 2 is 2.00 bits per heavy atom. The molecule has 2 N–H and O–H groups in total. The standard InChI is InChI=1S/C29H32FN7O3/c1-18(33-25-8-10-36(6)34-25)11-20(15-35(5)17-39)22-7-9-31-27(23(22)16-38)37-28(40)26-19(14-32-37)12-21(13-24(26)30)29(2,3)4/h7-15,17,38H,16H2,1-6H3,(H,33,34)/b18-11+,20-15+. The second-order valence-corrected chi connectivity index (χ2v) is 10.5. The molecule has 4 rings (SSSR count). The van der Waals surface area contributed by atoms with Crippen LogP contribution in [0.2, 0.25) is 0 Å². The van der Waals surface area contributed by atoms with Crippen LogP contribution in [-0.2, 0) is 23.9 Å². The topological polar surface area (TPSA) is 118 Å². The molecule has 0 saturated carbocycles. The Hall–Kier alpha value is -4.64. The number of allylic oxidation sites excluding steroid dienone is 3. The Labute approximate surface area is 231 Å². The lowest BCUT2D eigenvalue weighted by Gasteiger charge is -2.20. The zero-order chi connectivity index (χ0) is 29.2. The van der Waals surface area contributed by atoms with Crippen LogP contribution in [0.1, 0.15) is 44.4 Å². The third kappa shape index (κ3) is 5.84. The molecule has 1 aromatic carbocycles. The number of benzene rings is 1. The van der Waals surface area contributed by atoms with Gasteiger partial charge in [0, 0.05) is 61.0 Å². The first-order valence-corrected chi connectivity index (χ1v) is 12.6. The third-order valence-electron chi connectivity index (χ3n) is 6.33. The molecule has 0 saturated heterocycles. The number of anilines is 1. The lowest BCUT2D eigenvalue weighted by molar-refractivity contribution is -0.114. The molecule has 0 radical (unpaired) electrons. The first-order chi connectivity index (χ1) is 18.9. The van der Waals surface area contributed by atoms with Gasteiger partial charge in [0.1, 0.15) is 5.82 Å². The number of halogens is 1. The van der Waals surface area contributed by atoms with Crippen molar-refractivity contribution in [2.45, 2.75) is 39.7 Å². The van der Waals surface area contributed by atoms with Gasteiger partial charge in [-0.25, -0.2) is 9.37 Å². The molecular weight excluding hydrogens is 513 g/mol. The Balaban J connectivity index is 1.87. The summed E-state index contributed by atoms with van der Waals surface area (Å²) < 4.78 is 17.9. The Bertz CT molecular complexity index is 1700. The molecule has 0 unspecified atom stereocenters. The summed E-state index contributed by atoms with van der Waals surface area (Å²) >= 11 is 0. The quantitative estimate of drug-likeness (QED) is 0.255. The molecule has 11 heteroatoms. The maximum absolute atomic E-state index is 15.2. The van der Waals surface area contributed by atoms with E-state index < -0.39 is 18.0 Å². The van der Waals surface area contributed by atoms with Crippen LogP contribution in [0, 0.1) is 5.82 Å². The number of aryl methyl sites for hydroxylation is 1. The van der Waals surface area contributed by atoms with Gasteiger partial charge < -0.3 is 15.3 Å². The molecule has 3 heterocycles. The van der Waals surface area contributed by atoms with Crippen LogP contribution in [0.15, 0.2) is 65.6 Å². The second-order valence-electron chi connectivity index (χ2n) is 10.5. The van der Waals surface area contributed by atoms with Crippen molar-refractivity contribution in [1.82, 2.24) is 29.4 Å². The fraction of sp³-hybridized carbons (Fsp3) is 0.276. The fourth-order valence-corrected chi connectivity index (χ4v) is 4.30. The number of hydrogen-bond acceptors (Lipinski definition) is 7. The monoisotopic (exact) mass is 545 g/mol. The maximum Gasteiger partial charge on any atom is 0.283 e. The Morgan fingerprint density at radius 3 is 2.62 bits per heavy atom. The van der Waals surface area contributed by atoms with Crippen LogP contribution in [0.3, 0.4) is 0 Å². The van der Waals surface area contributed by atoms with Gasteiger partial charge in [0.2, 0.25) is 6.41 Å². The number of aliphatic hydroxyl groups is 1. The van der Waals surface area contributed by atoms with E-state index in [0.717, 1.165) is 10.2 Å². The van der Waals surface area contributed by atoms with E-state index in [1.165, 1.54) is 23.4 Å². The molecule has 0 fully saturated rings. The largest absolute Gasteiger partial charge is 0.392 e. The normalized spacial score (nSPS) is 12.6. The lowest BCUT2D eigenvalue weighted by Crippen LogP contribution is -2.25. The summed E-state index contributed by atoms with van der Waals surface area (Å²) in [6, 6.07) is 6.59. The molecular formula is C29H32FN7O3. The minimum Gasteiger partial charge on any atom is -0.392 e. The minimum absolute atomic E-state index is 0.0505. The van der Waals surface area contributed by atoms with Gasteiger partial charge in [-0.15, -0.1) is 0 Å². The first-order valence-electron chi connectivity index (χ1n) is 12.6. The van der Waals surface area contributed by atoms with Crippen LogP contribution in [0.25, 0.3) is 22.2 Å². The number of hydrogen-bond donors (Lipinski definition) is 2. The first kappa shape index (κ1) is 28.4. The average Bonchev–Trinajstić information content (AvgIpc) is 3.31. The zero-order valence-electron chi connectivity index (χ0n) is 23.3. The van der Waals surface area contributed by atoms with Gasteiger partial charge in [-0.3, -0.25) is 14.3 Å². The van der Waals surface area contributed by atoms with E-state index in [-0.39, 0.29) is 22.2 Å². The van der Waals surface area contributed by atoms with Crippen molar-refractivity contribution in [3.8, 4) is 5.82 Å². The highest BCUT2D eigenvalue weighted by molar-refractivity contribution is 5.83. The fourth-order valence-electron chi connectivity index (χ4n) is 4.30. The Morgan fingerprint density at radius 1 is 1.25 bits per heavy atom. The second kappa shape index (κ2) is 11.2. The van der Waals surface area contributed by atoms with E-state index in [0.29, 0.717) is 34.4 Å². The highest BCUT2D eigenvalue weighted by atomic mass is 19.1. The van der Waals surface area contributed by atoms with Gasteiger partial charge >= 0.3 is 0 Å². The summed E-state index contributed by atoms with van der Waals surface area (Å²) in [4.78, 5) is 30.6. The van der Waals surface area contributed by atoms with Crippen molar-refractivity contribution in [3.63, 3.8) is 0 Å². The van der Waals surface area contributed by atoms with Crippen LogP contribution < -0.4 is 10.9 Å². The van der Waals surface area contributed by atoms with Gasteiger partial charge in [-0.2, -0.15) is 14.9 Å². The van der Waals surface area contributed by atoms with Crippen molar-refractivity contribution in [2.75, 3.05) is 12.4 Å². The van der Waals surface area contributed by atoms with Gasteiger partial charge in [-0.1, -0.05) is 20.8 Å². The lowest BCUT2D eigenvalue weighted by atomic mass is 9.86. The molecule has 0 aliphatic rings. The summed E-state index contributed by atoms with van der Waals surface area (Å²) in [5.74, 6) is 0.0212. The predicted molar refractivity (Wildman–Crippen MR) is 152 cm³/mol. The molecule has 40 heavy (non-hydrogen) atoms. The Kier molecular flexibility index (Phi) is 7.96. The highest BCUT2D eigenvalue weighted by Crippen LogP contribution is 2.28. The van der Waals surface area contributed by atoms with Crippen LogP contribution >= 0.6 is 0 Å². The molecule has 0 aliphatic heterocycles. The van der Waals surface area contributed by atoms with E-state index in [4.69, 9.17) is 0 Å².